The van der Waals surface area contributed by atoms with Crippen LogP contribution in [0, 0.1) is 0 Å². The van der Waals surface area contributed by atoms with Crippen molar-refractivity contribution in [3.05, 3.63) is 64.4 Å². The van der Waals surface area contributed by atoms with Crippen LogP contribution in [0.25, 0.3) is 5.69 Å². The molecule has 0 spiro atoms. The number of hydrogen-bond donors (Lipinski definition) is 0. The van der Waals surface area contributed by atoms with Crippen LogP contribution in [-0.2, 0) is 22.7 Å². The lowest BCUT2D eigenvalue weighted by Crippen LogP contribution is -2.15. The van der Waals surface area contributed by atoms with E-state index in [1.54, 1.807) is 36.4 Å². The summed E-state index contributed by atoms with van der Waals surface area (Å²) in [6, 6.07) is 10.4. The summed E-state index contributed by atoms with van der Waals surface area (Å²) in [4.78, 5) is 12.6. The van der Waals surface area contributed by atoms with E-state index in [0.29, 0.717) is 34.2 Å². The number of carbonyl (C=O) groups excluding carboxylic acids is 1. The van der Waals surface area contributed by atoms with E-state index in [1.807, 2.05) is 0 Å². The predicted octanol–water partition coefficient (Wildman–Crippen LogP) is 2.54. The minimum Gasteiger partial charge on any atom is -0.467 e. The van der Waals surface area contributed by atoms with Gasteiger partial charge in [0.05, 0.1) is 17.9 Å². The topological polar surface area (TPSA) is 88.4 Å². The van der Waals surface area contributed by atoms with Crippen LogP contribution in [0.5, 0.6) is 5.75 Å². The molecular formula is C17H13ClN4O4. The summed E-state index contributed by atoms with van der Waals surface area (Å²) in [5, 5.41) is 11.5. The van der Waals surface area contributed by atoms with Crippen molar-refractivity contribution in [3.8, 4) is 11.4 Å². The van der Waals surface area contributed by atoms with E-state index in [0.717, 1.165) is 5.56 Å². The van der Waals surface area contributed by atoms with Gasteiger partial charge in [0.15, 0.2) is 6.79 Å². The van der Waals surface area contributed by atoms with Crippen LogP contribution in [0.3, 0.4) is 0 Å². The predicted molar refractivity (Wildman–Crippen MR) is 90.0 cm³/mol. The van der Waals surface area contributed by atoms with Gasteiger partial charge >= 0.3 is 5.97 Å². The van der Waals surface area contributed by atoms with Crippen LogP contribution in [0.15, 0.2) is 42.7 Å². The van der Waals surface area contributed by atoms with E-state index >= 15 is 0 Å². The van der Waals surface area contributed by atoms with Crippen molar-refractivity contribution in [1.29, 1.82) is 0 Å². The third-order valence-corrected chi connectivity index (χ3v) is 4.05. The standard InChI is InChI=1S/C17H13ClN4O4/c18-13-5-11-7-24-10-26-16(11)12(6-13)8-25-17(23)14-3-1-2-4-15(14)22-9-19-20-21-22/h1-6,9H,7-8,10H2. The Bertz CT molecular complexity index is 946. The Hall–Kier alpha value is -2.97. The maximum absolute atomic E-state index is 12.6. The zero-order valence-corrected chi connectivity index (χ0v) is 14.2. The third kappa shape index (κ3) is 3.24. The molecule has 0 fully saturated rings. The molecule has 0 atom stereocenters. The maximum atomic E-state index is 12.6. The van der Waals surface area contributed by atoms with Gasteiger partial charge < -0.3 is 14.2 Å². The van der Waals surface area contributed by atoms with Gasteiger partial charge in [0.1, 0.15) is 18.7 Å². The molecule has 0 saturated carbocycles. The number of esters is 1. The Morgan fingerprint density at radius 3 is 3.04 bits per heavy atom. The number of nitrogens with zero attached hydrogens (tertiary/aromatic N) is 4. The van der Waals surface area contributed by atoms with Gasteiger partial charge in [0.25, 0.3) is 0 Å². The second-order valence-electron chi connectivity index (χ2n) is 5.51. The number of halogens is 1. The zero-order chi connectivity index (χ0) is 17.9. The van der Waals surface area contributed by atoms with Crippen molar-refractivity contribution in [2.45, 2.75) is 13.2 Å². The molecule has 2 aromatic carbocycles. The average Bonchev–Trinajstić information content (AvgIpc) is 3.20. The quantitative estimate of drug-likeness (QED) is 0.650. The number of benzene rings is 2. The van der Waals surface area contributed by atoms with E-state index in [2.05, 4.69) is 15.5 Å². The summed E-state index contributed by atoms with van der Waals surface area (Å²) in [7, 11) is 0. The first kappa shape index (κ1) is 16.5. The molecule has 0 N–H and O–H groups in total. The monoisotopic (exact) mass is 372 g/mol. The van der Waals surface area contributed by atoms with E-state index in [-0.39, 0.29) is 13.4 Å². The van der Waals surface area contributed by atoms with E-state index in [9.17, 15) is 4.79 Å². The van der Waals surface area contributed by atoms with Gasteiger partial charge in [-0.3, -0.25) is 0 Å². The van der Waals surface area contributed by atoms with Gasteiger partial charge in [-0.15, -0.1) is 5.10 Å². The molecule has 1 aromatic heterocycles. The lowest BCUT2D eigenvalue weighted by molar-refractivity contribution is -0.0180. The number of hydrogen-bond acceptors (Lipinski definition) is 7. The van der Waals surface area contributed by atoms with Crippen LogP contribution < -0.4 is 4.74 Å². The summed E-state index contributed by atoms with van der Waals surface area (Å²) < 4.78 is 17.6. The molecule has 1 aliphatic rings. The van der Waals surface area contributed by atoms with Crippen LogP contribution in [-0.4, -0.2) is 33.0 Å². The first-order valence-corrected chi connectivity index (χ1v) is 8.11. The number of aromatic nitrogens is 4. The van der Waals surface area contributed by atoms with Gasteiger partial charge in [0.2, 0.25) is 0 Å². The summed E-state index contributed by atoms with van der Waals surface area (Å²) in [6.07, 6.45) is 1.41. The smallest absolute Gasteiger partial charge is 0.340 e. The number of rotatable bonds is 4. The molecule has 26 heavy (non-hydrogen) atoms. The minimum atomic E-state index is -0.503. The summed E-state index contributed by atoms with van der Waals surface area (Å²) >= 11 is 6.13. The maximum Gasteiger partial charge on any atom is 0.340 e. The highest BCUT2D eigenvalue weighted by molar-refractivity contribution is 6.30. The molecule has 2 heterocycles. The fourth-order valence-corrected chi connectivity index (χ4v) is 2.97. The van der Waals surface area contributed by atoms with Crippen molar-refractivity contribution in [2.75, 3.05) is 6.79 Å². The molecule has 3 aromatic rings. The molecule has 8 nitrogen and oxygen atoms in total. The molecule has 1 aliphatic heterocycles. The summed E-state index contributed by atoms with van der Waals surface area (Å²) in [5.41, 5.74) is 2.38. The molecule has 0 amide bonds. The lowest BCUT2D eigenvalue weighted by Gasteiger charge is -2.21. The first-order valence-electron chi connectivity index (χ1n) is 7.74. The third-order valence-electron chi connectivity index (χ3n) is 3.83. The summed E-state index contributed by atoms with van der Waals surface area (Å²) in [5.74, 6) is 0.138. The number of para-hydroxylation sites is 1. The lowest BCUT2D eigenvalue weighted by atomic mass is 10.1. The molecular weight excluding hydrogens is 360 g/mol. The molecule has 4 rings (SSSR count). The fraction of sp³-hybridized carbons (Fsp3) is 0.176. The molecule has 0 bridgehead atoms. The Morgan fingerprint density at radius 1 is 1.31 bits per heavy atom. The Balaban J connectivity index is 1.57. The van der Waals surface area contributed by atoms with Gasteiger partial charge in [0, 0.05) is 16.1 Å². The first-order chi connectivity index (χ1) is 12.7. The Kier molecular flexibility index (Phi) is 4.51. The molecule has 132 valence electrons. The van der Waals surface area contributed by atoms with Gasteiger partial charge in [-0.1, -0.05) is 23.7 Å². The van der Waals surface area contributed by atoms with Gasteiger partial charge in [-0.2, -0.15) is 4.68 Å². The van der Waals surface area contributed by atoms with Crippen molar-refractivity contribution < 1.29 is 19.0 Å². The summed E-state index contributed by atoms with van der Waals surface area (Å²) in [6.45, 7) is 0.572. The molecule has 0 radical (unpaired) electrons. The van der Waals surface area contributed by atoms with E-state index < -0.39 is 5.97 Å². The number of carbonyl (C=O) groups is 1. The largest absolute Gasteiger partial charge is 0.467 e. The molecule has 0 unspecified atom stereocenters. The Labute approximate surface area is 153 Å². The highest BCUT2D eigenvalue weighted by Crippen LogP contribution is 2.32. The molecule has 9 heteroatoms. The fourth-order valence-electron chi connectivity index (χ4n) is 2.70. The van der Waals surface area contributed by atoms with Crippen molar-refractivity contribution >= 4 is 17.6 Å². The number of fused-ring (bicyclic) bond motifs is 1. The second kappa shape index (κ2) is 7.11. The highest BCUT2D eigenvalue weighted by atomic mass is 35.5. The Morgan fingerprint density at radius 2 is 2.19 bits per heavy atom. The van der Waals surface area contributed by atoms with Crippen molar-refractivity contribution in [3.63, 3.8) is 0 Å². The van der Waals surface area contributed by atoms with Crippen LogP contribution >= 0.6 is 11.6 Å². The van der Waals surface area contributed by atoms with E-state index in [1.165, 1.54) is 11.0 Å². The molecule has 0 saturated heterocycles. The number of ether oxygens (including phenoxy) is 3. The second-order valence-corrected chi connectivity index (χ2v) is 5.95. The highest BCUT2D eigenvalue weighted by Gasteiger charge is 2.19. The van der Waals surface area contributed by atoms with Gasteiger partial charge in [-0.25, -0.2) is 4.79 Å². The van der Waals surface area contributed by atoms with Crippen LogP contribution in [0.4, 0.5) is 0 Å². The van der Waals surface area contributed by atoms with E-state index in [4.69, 9.17) is 25.8 Å². The minimum absolute atomic E-state index is 0.0195. The van der Waals surface area contributed by atoms with Crippen molar-refractivity contribution in [1.82, 2.24) is 20.2 Å². The average molecular weight is 373 g/mol. The van der Waals surface area contributed by atoms with Crippen LogP contribution in [0.1, 0.15) is 21.5 Å². The zero-order valence-electron chi connectivity index (χ0n) is 13.5. The number of tetrazole rings is 1. The van der Waals surface area contributed by atoms with Crippen molar-refractivity contribution in [2.24, 2.45) is 0 Å². The SMILES string of the molecule is O=C(OCc1cc(Cl)cc2c1OCOC2)c1ccccc1-n1cnnn1. The van der Waals surface area contributed by atoms with Gasteiger partial charge in [-0.05, 0) is 34.7 Å². The normalized spacial score (nSPS) is 13.0. The molecule has 0 aliphatic carbocycles. The van der Waals surface area contributed by atoms with Crippen LogP contribution in [0.2, 0.25) is 5.02 Å².